The van der Waals surface area contributed by atoms with Gasteiger partial charge in [0.05, 0.1) is 33.6 Å². The van der Waals surface area contributed by atoms with E-state index >= 15 is 0 Å². The number of imidazole rings is 1. The van der Waals surface area contributed by atoms with Crippen molar-refractivity contribution in [3.8, 4) is 17.0 Å². The molecule has 0 saturated heterocycles. The molecule has 0 atom stereocenters. The quantitative estimate of drug-likeness (QED) is 0.327. The first kappa shape index (κ1) is 18.9. The molecule has 5 aromatic rings. The molecule has 7 heteroatoms. The number of nitrogens with zero attached hydrogens (tertiary/aromatic N) is 2. The Balaban J connectivity index is 1.85. The van der Waals surface area contributed by atoms with Crippen LogP contribution in [0.1, 0.15) is 5.56 Å². The zero-order valence-electron chi connectivity index (χ0n) is 16.2. The van der Waals surface area contributed by atoms with E-state index in [0.717, 1.165) is 26.4 Å². The average Bonchev–Trinajstić information content (AvgIpc) is 3.26. The van der Waals surface area contributed by atoms with Gasteiger partial charge >= 0.3 is 0 Å². The number of rotatable bonds is 4. The number of hydrogen-bond acceptors (Lipinski definition) is 4. The van der Waals surface area contributed by atoms with Gasteiger partial charge in [-0.3, -0.25) is 4.40 Å². The van der Waals surface area contributed by atoms with E-state index in [2.05, 4.69) is 5.32 Å². The number of para-hydroxylation sites is 2. The third-order valence-electron chi connectivity index (χ3n) is 5.05. The van der Waals surface area contributed by atoms with Crippen molar-refractivity contribution < 1.29 is 9.13 Å². The van der Waals surface area contributed by atoms with E-state index in [1.807, 2.05) is 53.8 Å². The van der Waals surface area contributed by atoms with Crippen LogP contribution >= 0.6 is 22.9 Å². The van der Waals surface area contributed by atoms with E-state index in [0.29, 0.717) is 27.8 Å². The summed E-state index contributed by atoms with van der Waals surface area (Å²) in [5.41, 5.74) is 3.50. The first-order valence-electron chi connectivity index (χ1n) is 9.33. The smallest absolute Gasteiger partial charge is 0.197 e. The van der Waals surface area contributed by atoms with Crippen LogP contribution in [0.25, 0.3) is 26.4 Å². The van der Waals surface area contributed by atoms with Gasteiger partial charge in [0.2, 0.25) is 0 Å². The van der Waals surface area contributed by atoms with E-state index in [9.17, 15) is 4.39 Å². The normalized spacial score (nSPS) is 11.3. The molecule has 150 valence electrons. The van der Waals surface area contributed by atoms with Crippen molar-refractivity contribution in [2.75, 3.05) is 12.4 Å². The largest absolute Gasteiger partial charge is 0.496 e. The molecule has 4 nitrogen and oxygen atoms in total. The van der Waals surface area contributed by atoms with Crippen LogP contribution in [0.15, 0.2) is 60.7 Å². The number of fused-ring (bicyclic) bond motifs is 3. The summed E-state index contributed by atoms with van der Waals surface area (Å²) in [5.74, 6) is 0.661. The van der Waals surface area contributed by atoms with E-state index < -0.39 is 5.82 Å². The summed E-state index contributed by atoms with van der Waals surface area (Å²) in [6.07, 6.45) is 0. The number of ether oxygens (including phenoxy) is 1. The Morgan fingerprint density at radius 2 is 1.87 bits per heavy atom. The fourth-order valence-corrected chi connectivity index (χ4v) is 4.92. The number of aryl methyl sites for hydroxylation is 1. The third-order valence-corrected chi connectivity index (χ3v) is 6.39. The molecular formula is C23H17ClFN3OS. The fourth-order valence-electron chi connectivity index (χ4n) is 3.62. The number of hydrogen-bond donors (Lipinski definition) is 1. The second-order valence-electron chi connectivity index (χ2n) is 6.87. The molecular weight excluding hydrogens is 421 g/mol. The van der Waals surface area contributed by atoms with Crippen LogP contribution in [0.3, 0.4) is 0 Å². The molecule has 5 rings (SSSR count). The van der Waals surface area contributed by atoms with Crippen LogP contribution in [0, 0.1) is 12.7 Å². The SMILES string of the molecule is COc1cccc(F)c1-c1nc2sc3ccccc3n2c1Nc1c(C)cccc1Cl. The highest BCUT2D eigenvalue weighted by atomic mass is 35.5. The Labute approximate surface area is 181 Å². The predicted octanol–water partition coefficient (Wildman–Crippen LogP) is 7.07. The van der Waals surface area contributed by atoms with Crippen molar-refractivity contribution in [2.24, 2.45) is 0 Å². The lowest BCUT2D eigenvalue weighted by atomic mass is 10.1. The second-order valence-corrected chi connectivity index (χ2v) is 8.29. The van der Waals surface area contributed by atoms with Gasteiger partial charge in [0.15, 0.2) is 4.96 Å². The highest BCUT2D eigenvalue weighted by Gasteiger charge is 2.24. The summed E-state index contributed by atoms with van der Waals surface area (Å²) >= 11 is 8.03. The summed E-state index contributed by atoms with van der Waals surface area (Å²) < 4.78 is 23.5. The Bertz CT molecular complexity index is 1390. The van der Waals surface area contributed by atoms with E-state index in [1.165, 1.54) is 13.2 Å². The fraction of sp³-hybridized carbons (Fsp3) is 0.0870. The molecule has 0 aliphatic rings. The van der Waals surface area contributed by atoms with Gasteiger partial charge in [-0.25, -0.2) is 9.37 Å². The molecule has 0 aliphatic carbocycles. The van der Waals surface area contributed by atoms with Gasteiger partial charge in [0.1, 0.15) is 23.1 Å². The second kappa shape index (κ2) is 7.31. The molecule has 0 unspecified atom stereocenters. The van der Waals surface area contributed by atoms with Crippen LogP contribution in [-0.4, -0.2) is 16.5 Å². The average molecular weight is 438 g/mol. The van der Waals surface area contributed by atoms with Crippen molar-refractivity contribution in [3.05, 3.63) is 77.1 Å². The molecule has 0 saturated carbocycles. The number of benzene rings is 3. The van der Waals surface area contributed by atoms with Crippen molar-refractivity contribution in [1.82, 2.24) is 9.38 Å². The molecule has 2 heterocycles. The molecule has 1 N–H and O–H groups in total. The Kier molecular flexibility index (Phi) is 4.60. The van der Waals surface area contributed by atoms with Crippen LogP contribution < -0.4 is 10.1 Å². The molecule has 0 fully saturated rings. The number of aromatic nitrogens is 2. The van der Waals surface area contributed by atoms with Gasteiger partial charge in [-0.2, -0.15) is 0 Å². The highest BCUT2D eigenvalue weighted by molar-refractivity contribution is 7.23. The first-order valence-corrected chi connectivity index (χ1v) is 10.5. The summed E-state index contributed by atoms with van der Waals surface area (Å²) in [6, 6.07) is 18.5. The van der Waals surface area contributed by atoms with Crippen LogP contribution in [0.5, 0.6) is 5.75 Å². The van der Waals surface area contributed by atoms with E-state index in [4.69, 9.17) is 21.3 Å². The lowest BCUT2D eigenvalue weighted by Gasteiger charge is -2.14. The molecule has 0 spiro atoms. The zero-order chi connectivity index (χ0) is 20.8. The molecule has 0 amide bonds. The number of halogens is 2. The molecule has 0 radical (unpaired) electrons. The summed E-state index contributed by atoms with van der Waals surface area (Å²) in [5, 5.41) is 4.02. The van der Waals surface area contributed by atoms with E-state index in [-0.39, 0.29) is 0 Å². The summed E-state index contributed by atoms with van der Waals surface area (Å²) in [4.78, 5) is 5.55. The maximum absolute atomic E-state index is 15.0. The minimum absolute atomic E-state index is 0.312. The Hall–Kier alpha value is -3.09. The molecule has 0 aliphatic heterocycles. The lowest BCUT2D eigenvalue weighted by molar-refractivity contribution is 0.413. The zero-order valence-corrected chi connectivity index (χ0v) is 17.8. The van der Waals surface area contributed by atoms with E-state index in [1.54, 1.807) is 23.5 Å². The maximum atomic E-state index is 15.0. The highest BCUT2D eigenvalue weighted by Crippen LogP contribution is 2.42. The minimum Gasteiger partial charge on any atom is -0.496 e. The number of thiazole rings is 1. The van der Waals surface area contributed by atoms with Gasteiger partial charge in [-0.05, 0) is 42.8 Å². The molecule has 3 aromatic carbocycles. The van der Waals surface area contributed by atoms with Crippen molar-refractivity contribution >= 4 is 49.6 Å². The van der Waals surface area contributed by atoms with Crippen molar-refractivity contribution in [2.45, 2.75) is 6.92 Å². The van der Waals surface area contributed by atoms with Gasteiger partial charge in [-0.1, -0.05) is 53.3 Å². The van der Waals surface area contributed by atoms with Crippen LogP contribution in [0.2, 0.25) is 5.02 Å². The van der Waals surface area contributed by atoms with Gasteiger partial charge < -0.3 is 10.1 Å². The number of nitrogens with one attached hydrogen (secondary N) is 1. The summed E-state index contributed by atoms with van der Waals surface area (Å²) in [7, 11) is 1.53. The maximum Gasteiger partial charge on any atom is 0.197 e. The van der Waals surface area contributed by atoms with Crippen LogP contribution in [0.4, 0.5) is 15.9 Å². The standard InChI is InChI=1S/C23H17ClFN3OS/c1-13-7-5-8-14(24)20(13)26-22-21(19-15(25)9-6-11-17(19)29-2)27-23-28(22)16-10-3-4-12-18(16)30-23/h3-12,26H,1-2H3. The molecule has 0 bridgehead atoms. The monoisotopic (exact) mass is 437 g/mol. The van der Waals surface area contributed by atoms with Crippen molar-refractivity contribution in [3.63, 3.8) is 0 Å². The van der Waals surface area contributed by atoms with Gasteiger partial charge in [0, 0.05) is 0 Å². The predicted molar refractivity (Wildman–Crippen MR) is 122 cm³/mol. The lowest BCUT2D eigenvalue weighted by Crippen LogP contribution is -2.01. The Morgan fingerprint density at radius 3 is 2.67 bits per heavy atom. The molecule has 2 aromatic heterocycles. The Morgan fingerprint density at radius 1 is 1.07 bits per heavy atom. The van der Waals surface area contributed by atoms with Gasteiger partial charge in [0.25, 0.3) is 0 Å². The minimum atomic E-state index is -0.400. The van der Waals surface area contributed by atoms with Crippen molar-refractivity contribution in [1.29, 1.82) is 0 Å². The molecule has 30 heavy (non-hydrogen) atoms. The topological polar surface area (TPSA) is 38.6 Å². The van der Waals surface area contributed by atoms with Crippen LogP contribution in [-0.2, 0) is 0 Å². The first-order chi connectivity index (χ1) is 14.6. The number of methoxy groups -OCH3 is 1. The summed E-state index contributed by atoms with van der Waals surface area (Å²) in [6.45, 7) is 1.97. The number of anilines is 2. The van der Waals surface area contributed by atoms with Gasteiger partial charge in [-0.15, -0.1) is 0 Å². The third kappa shape index (κ3) is 2.91.